The fourth-order valence-corrected chi connectivity index (χ4v) is 0. The molecule has 0 aliphatic heterocycles. The molecule has 0 atom stereocenters. The second kappa shape index (κ2) is 39.9. The van der Waals surface area contributed by atoms with Crippen LogP contribution >= 0.6 is 0 Å². The van der Waals surface area contributed by atoms with Crippen LogP contribution in [0.15, 0.2) is 0 Å². The molecular weight excluding hydrogens is 312 g/mol. The van der Waals surface area contributed by atoms with Crippen LogP contribution < -0.4 is 0 Å². The van der Waals surface area contributed by atoms with Gasteiger partial charge in [-0.15, -0.1) is 0 Å². The van der Waals surface area contributed by atoms with Crippen LogP contribution in [0.5, 0.6) is 0 Å². The molecule has 0 heterocycles. The minimum Gasteiger partial charge on any atom is -2.00 e. The Morgan fingerprint density at radius 3 is 0.615 bits per heavy atom. The van der Waals surface area contributed by atoms with Gasteiger partial charge >= 0.3 is 52.5 Å². The van der Waals surface area contributed by atoms with E-state index >= 15 is 0 Å². The van der Waals surface area contributed by atoms with Crippen LogP contribution in [-0.4, -0.2) is 37.5 Å². The average Bonchev–Trinajstić information content (AvgIpc) is 1.25. The Bertz CT molecular complexity index is 73.6. The van der Waals surface area contributed by atoms with E-state index in [4.69, 9.17) is 28.1 Å². The van der Waals surface area contributed by atoms with Gasteiger partial charge in [-0.2, -0.15) is 0 Å². The zero-order valence-electron chi connectivity index (χ0n) is 5.54. The molecule has 0 unspecified atom stereocenters. The summed E-state index contributed by atoms with van der Waals surface area (Å²) in [7, 11) is -6.26. The van der Waals surface area contributed by atoms with E-state index in [2.05, 4.69) is 0 Å². The molecule has 13 heavy (non-hydrogen) atoms. The molecule has 0 aromatic rings. The number of rotatable bonds is 0. The molecular formula is H4Fe2O9Si2. The van der Waals surface area contributed by atoms with Gasteiger partial charge < -0.3 is 35.6 Å². The van der Waals surface area contributed by atoms with Crippen molar-refractivity contribution in [1.82, 2.24) is 0 Å². The van der Waals surface area contributed by atoms with E-state index in [1.54, 1.807) is 0 Å². The molecule has 0 aliphatic rings. The van der Waals surface area contributed by atoms with Crippen molar-refractivity contribution in [1.29, 1.82) is 0 Å². The van der Waals surface area contributed by atoms with Gasteiger partial charge in [0.05, 0.1) is 0 Å². The first-order valence-corrected chi connectivity index (χ1v) is 3.91. The van der Waals surface area contributed by atoms with Crippen molar-refractivity contribution in [2.24, 2.45) is 0 Å². The first-order chi connectivity index (χ1) is 3.46. The second-order valence-electron chi connectivity index (χ2n) is 0.565. The monoisotopic (exact) mass is 316 g/mol. The van der Waals surface area contributed by atoms with Crippen molar-refractivity contribution < 1.29 is 78.7 Å². The Hall–Kier alpha value is 0.153. The van der Waals surface area contributed by atoms with Crippen molar-refractivity contribution in [3.05, 3.63) is 0 Å². The Labute approximate surface area is 97.1 Å². The summed E-state index contributed by atoms with van der Waals surface area (Å²) < 4.78 is 17.5. The predicted molar refractivity (Wildman–Crippen MR) is 23.8 cm³/mol. The molecule has 0 spiro atoms. The van der Waals surface area contributed by atoms with Crippen LogP contribution in [0.3, 0.4) is 0 Å². The molecule has 82 valence electrons. The van der Waals surface area contributed by atoms with Gasteiger partial charge in [0.15, 0.2) is 0 Å². The normalized spacial score (nSPS) is 3.69. The third-order valence-electron chi connectivity index (χ3n) is 0. The molecule has 4 N–H and O–H groups in total. The molecule has 0 bridgehead atoms. The van der Waals surface area contributed by atoms with Crippen LogP contribution in [0.2, 0.25) is 0 Å². The Kier molecular flexibility index (Phi) is 158. The summed E-state index contributed by atoms with van der Waals surface area (Å²) in [5.41, 5.74) is 0. The van der Waals surface area contributed by atoms with Crippen LogP contribution in [0.4, 0.5) is 0 Å². The van der Waals surface area contributed by atoms with E-state index in [0.717, 1.165) is 0 Å². The Morgan fingerprint density at radius 2 is 0.615 bits per heavy atom. The van der Waals surface area contributed by atoms with Crippen molar-refractivity contribution in [3.8, 4) is 0 Å². The van der Waals surface area contributed by atoms with Gasteiger partial charge in [0.25, 0.3) is 0 Å². The van der Waals surface area contributed by atoms with E-state index in [1.165, 1.54) is 0 Å². The molecule has 0 aromatic carbocycles. The molecule has 0 rings (SSSR count). The van der Waals surface area contributed by atoms with Gasteiger partial charge in [-0.05, 0) is 0 Å². The standard InChI is InChI=1S/2Fe.2H2O3Si.3O/c;;2*1-4(2)3;;;/h;;2*1-2H;;;/q2*+3;;;3*-2. The molecule has 0 saturated heterocycles. The first-order valence-electron chi connectivity index (χ1n) is 1.30. The van der Waals surface area contributed by atoms with Crippen LogP contribution in [0.25, 0.3) is 0 Å². The van der Waals surface area contributed by atoms with Crippen molar-refractivity contribution in [2.45, 2.75) is 0 Å². The van der Waals surface area contributed by atoms with Crippen LogP contribution in [0.1, 0.15) is 0 Å². The maximum absolute atomic E-state index is 8.74. The Morgan fingerprint density at radius 1 is 0.615 bits per heavy atom. The summed E-state index contributed by atoms with van der Waals surface area (Å²) in [5.74, 6) is 0. The summed E-state index contributed by atoms with van der Waals surface area (Å²) in [4.78, 5) is 28.6. The van der Waals surface area contributed by atoms with E-state index in [0.29, 0.717) is 0 Å². The van der Waals surface area contributed by atoms with Crippen molar-refractivity contribution in [3.63, 3.8) is 0 Å². The largest absolute Gasteiger partial charge is 3.00 e. The molecule has 0 fully saturated rings. The predicted octanol–water partition coefficient (Wildman–Crippen LogP) is -3.59. The molecule has 13 heteroatoms. The third kappa shape index (κ3) is 53700. The number of hydrogen-bond acceptors (Lipinski definition) is 2. The molecule has 0 aromatic heterocycles. The van der Waals surface area contributed by atoms with E-state index in [-0.39, 0.29) is 50.6 Å². The molecule has 0 aliphatic carbocycles. The maximum atomic E-state index is 8.74. The van der Waals surface area contributed by atoms with E-state index in [9.17, 15) is 0 Å². The summed E-state index contributed by atoms with van der Waals surface area (Å²) >= 11 is 0. The zero-order chi connectivity index (χ0) is 7.15. The smallest absolute Gasteiger partial charge is 2.00 e. The molecule has 9 nitrogen and oxygen atoms in total. The van der Waals surface area contributed by atoms with E-state index in [1.807, 2.05) is 0 Å². The van der Waals surface area contributed by atoms with Crippen molar-refractivity contribution in [2.75, 3.05) is 0 Å². The van der Waals surface area contributed by atoms with E-state index < -0.39 is 18.3 Å². The van der Waals surface area contributed by atoms with Gasteiger partial charge in [-0.3, -0.25) is 8.92 Å². The van der Waals surface area contributed by atoms with Crippen molar-refractivity contribution >= 4 is 18.3 Å². The second-order valence-corrected chi connectivity index (χ2v) is 1.70. The third-order valence-corrected chi connectivity index (χ3v) is 0. The minimum absolute atomic E-state index is 0. The van der Waals surface area contributed by atoms with Gasteiger partial charge in [-0.25, -0.2) is 0 Å². The van der Waals surface area contributed by atoms with Gasteiger partial charge in [0.2, 0.25) is 0 Å². The molecule has 2 radical (unpaired) electrons. The summed E-state index contributed by atoms with van der Waals surface area (Å²) in [5, 5.41) is 0. The quantitative estimate of drug-likeness (QED) is 0.332. The van der Waals surface area contributed by atoms with Gasteiger partial charge in [-0.1, -0.05) is 0 Å². The fraction of sp³-hybridized carbons (Fsp3) is 0. The number of hydrogen-bond donors (Lipinski definition) is 4. The average molecular weight is 316 g/mol. The van der Waals surface area contributed by atoms with Crippen LogP contribution in [0, 0.1) is 0 Å². The van der Waals surface area contributed by atoms with Gasteiger partial charge in [0, 0.05) is 0 Å². The SMILES string of the molecule is O=[Si](O)O.O=[Si](O)O.[Fe+3].[Fe+3].[O-2].[O-2].[O-2]. The summed E-state index contributed by atoms with van der Waals surface area (Å²) in [6, 6.07) is 0. The molecule has 0 saturated carbocycles. The fourth-order valence-electron chi connectivity index (χ4n) is 0. The summed E-state index contributed by atoms with van der Waals surface area (Å²) in [6.45, 7) is 0. The Balaban J connectivity index is -0.00000000800. The van der Waals surface area contributed by atoms with Gasteiger partial charge in [0.1, 0.15) is 0 Å². The van der Waals surface area contributed by atoms with Crippen LogP contribution in [-0.2, 0) is 59.5 Å². The minimum atomic E-state index is -3.13. The zero-order valence-corrected chi connectivity index (χ0v) is 9.75. The maximum Gasteiger partial charge on any atom is 3.00 e. The first kappa shape index (κ1) is 51.3. The molecule has 0 amide bonds. The topological polar surface area (TPSA) is 201 Å². The summed E-state index contributed by atoms with van der Waals surface area (Å²) in [6.07, 6.45) is 0.